The van der Waals surface area contributed by atoms with E-state index in [0.717, 1.165) is 21.3 Å². The van der Waals surface area contributed by atoms with E-state index in [-0.39, 0.29) is 11.0 Å². The molecule has 0 saturated carbocycles. The van der Waals surface area contributed by atoms with Gasteiger partial charge in [-0.05, 0) is 42.0 Å². The van der Waals surface area contributed by atoms with Crippen molar-refractivity contribution >= 4 is 56.5 Å². The van der Waals surface area contributed by atoms with E-state index in [1.54, 1.807) is 18.2 Å². The summed E-state index contributed by atoms with van der Waals surface area (Å²) in [6.07, 6.45) is 0. The molecule has 0 saturated heterocycles. The zero-order chi connectivity index (χ0) is 18.5. The Morgan fingerprint density at radius 3 is 2.42 bits per heavy atom. The SMILES string of the molecule is O=C(NC(=S)Nc1ccccc1-c1ccccc1)c1cc(Br)ccc1Cl. The average Bonchev–Trinajstić information content (AvgIpc) is 2.64. The molecule has 2 N–H and O–H groups in total. The van der Waals surface area contributed by atoms with Crippen LogP contribution in [0.4, 0.5) is 5.69 Å². The first-order valence-corrected chi connectivity index (χ1v) is 9.34. The Hall–Kier alpha value is -2.21. The highest BCUT2D eigenvalue weighted by molar-refractivity contribution is 9.10. The van der Waals surface area contributed by atoms with Gasteiger partial charge in [0.2, 0.25) is 0 Å². The maximum Gasteiger partial charge on any atom is 0.258 e. The third-order valence-electron chi connectivity index (χ3n) is 3.66. The zero-order valence-electron chi connectivity index (χ0n) is 13.5. The number of rotatable bonds is 3. The van der Waals surface area contributed by atoms with E-state index in [9.17, 15) is 4.79 Å². The number of carbonyl (C=O) groups excluding carboxylic acids is 1. The molecule has 0 radical (unpaired) electrons. The minimum absolute atomic E-state index is 0.203. The van der Waals surface area contributed by atoms with Crippen LogP contribution in [0.2, 0.25) is 5.02 Å². The summed E-state index contributed by atoms with van der Waals surface area (Å²) in [5.41, 5.74) is 3.20. The third-order valence-corrected chi connectivity index (χ3v) is 4.69. The van der Waals surface area contributed by atoms with Crippen LogP contribution in [0.25, 0.3) is 11.1 Å². The molecule has 3 aromatic carbocycles. The summed E-state index contributed by atoms with van der Waals surface area (Å²) >= 11 is 14.7. The number of halogens is 2. The number of amides is 1. The molecule has 0 bridgehead atoms. The van der Waals surface area contributed by atoms with Gasteiger partial charge < -0.3 is 5.32 Å². The monoisotopic (exact) mass is 444 g/mol. The van der Waals surface area contributed by atoms with Gasteiger partial charge in [-0.15, -0.1) is 0 Å². The molecule has 3 aromatic rings. The van der Waals surface area contributed by atoms with Crippen LogP contribution in [-0.2, 0) is 0 Å². The van der Waals surface area contributed by atoms with Gasteiger partial charge in [0, 0.05) is 15.7 Å². The van der Waals surface area contributed by atoms with Crippen molar-refractivity contribution in [2.24, 2.45) is 0 Å². The van der Waals surface area contributed by atoms with Crippen LogP contribution in [0.1, 0.15) is 10.4 Å². The molecule has 0 unspecified atom stereocenters. The van der Waals surface area contributed by atoms with Crippen molar-refractivity contribution in [2.45, 2.75) is 0 Å². The Balaban J connectivity index is 1.77. The summed E-state index contributed by atoms with van der Waals surface area (Å²) in [6, 6.07) is 22.8. The molecule has 0 aliphatic rings. The van der Waals surface area contributed by atoms with E-state index in [4.69, 9.17) is 23.8 Å². The van der Waals surface area contributed by atoms with E-state index >= 15 is 0 Å². The second kappa shape index (κ2) is 8.45. The first kappa shape index (κ1) is 18.6. The smallest absolute Gasteiger partial charge is 0.258 e. The molecular weight excluding hydrogens is 432 g/mol. The Kier molecular flexibility index (Phi) is 6.04. The van der Waals surface area contributed by atoms with Crippen LogP contribution in [0.3, 0.4) is 0 Å². The summed E-state index contributed by atoms with van der Waals surface area (Å²) in [5, 5.41) is 6.32. The van der Waals surface area contributed by atoms with Gasteiger partial charge >= 0.3 is 0 Å². The van der Waals surface area contributed by atoms with Crippen LogP contribution in [0, 0.1) is 0 Å². The summed E-state index contributed by atoms with van der Waals surface area (Å²) < 4.78 is 0.764. The molecule has 0 aliphatic carbocycles. The number of benzene rings is 3. The summed E-state index contributed by atoms with van der Waals surface area (Å²) in [5.74, 6) is -0.369. The Bertz CT molecular complexity index is 963. The normalized spacial score (nSPS) is 10.2. The van der Waals surface area contributed by atoms with Gasteiger partial charge in [0.1, 0.15) is 0 Å². The lowest BCUT2D eigenvalue weighted by Gasteiger charge is -2.14. The van der Waals surface area contributed by atoms with Gasteiger partial charge in [-0.1, -0.05) is 76.1 Å². The third kappa shape index (κ3) is 4.49. The number of carbonyl (C=O) groups is 1. The minimum Gasteiger partial charge on any atom is -0.332 e. The quantitative estimate of drug-likeness (QED) is 0.493. The van der Waals surface area contributed by atoms with Gasteiger partial charge in [-0.25, -0.2) is 0 Å². The Morgan fingerprint density at radius 2 is 1.65 bits per heavy atom. The zero-order valence-corrected chi connectivity index (χ0v) is 16.7. The van der Waals surface area contributed by atoms with Gasteiger partial charge in [-0.3, -0.25) is 10.1 Å². The van der Waals surface area contributed by atoms with Gasteiger partial charge in [0.25, 0.3) is 5.91 Å². The number of thiocarbonyl (C=S) groups is 1. The van der Waals surface area contributed by atoms with Gasteiger partial charge in [0.05, 0.1) is 10.6 Å². The van der Waals surface area contributed by atoms with Crippen LogP contribution in [0.15, 0.2) is 77.3 Å². The average molecular weight is 446 g/mol. The number of nitrogens with one attached hydrogen (secondary N) is 2. The summed E-state index contributed by atoms with van der Waals surface area (Å²) in [7, 11) is 0. The maximum absolute atomic E-state index is 12.4. The molecule has 26 heavy (non-hydrogen) atoms. The number of anilines is 1. The molecular formula is C20H14BrClN2OS. The summed E-state index contributed by atoms with van der Waals surface area (Å²) in [4.78, 5) is 12.4. The predicted octanol–water partition coefficient (Wildman–Crippen LogP) is 5.90. The van der Waals surface area contributed by atoms with Crippen LogP contribution in [0.5, 0.6) is 0 Å². The first-order valence-electron chi connectivity index (χ1n) is 7.76. The van der Waals surface area contributed by atoms with E-state index in [2.05, 4.69) is 26.6 Å². The first-order chi connectivity index (χ1) is 12.5. The molecule has 3 nitrogen and oxygen atoms in total. The largest absolute Gasteiger partial charge is 0.332 e. The number of hydrogen-bond donors (Lipinski definition) is 2. The lowest BCUT2D eigenvalue weighted by Crippen LogP contribution is -2.34. The van der Waals surface area contributed by atoms with Crippen molar-refractivity contribution < 1.29 is 4.79 Å². The molecule has 0 aliphatic heterocycles. The molecule has 130 valence electrons. The fourth-order valence-electron chi connectivity index (χ4n) is 2.46. The highest BCUT2D eigenvalue weighted by Crippen LogP contribution is 2.27. The minimum atomic E-state index is -0.369. The van der Waals surface area contributed by atoms with E-state index in [1.165, 1.54) is 0 Å². The van der Waals surface area contributed by atoms with Crippen molar-refractivity contribution in [1.82, 2.24) is 5.32 Å². The van der Waals surface area contributed by atoms with E-state index < -0.39 is 0 Å². The maximum atomic E-state index is 12.4. The molecule has 6 heteroatoms. The fraction of sp³-hybridized carbons (Fsp3) is 0. The Labute approximate surface area is 170 Å². The van der Waals surface area contributed by atoms with Crippen LogP contribution in [-0.4, -0.2) is 11.0 Å². The van der Waals surface area contributed by atoms with Crippen molar-refractivity contribution in [3.8, 4) is 11.1 Å². The number of para-hydroxylation sites is 1. The lowest BCUT2D eigenvalue weighted by atomic mass is 10.0. The topological polar surface area (TPSA) is 41.1 Å². The van der Waals surface area contributed by atoms with Crippen LogP contribution >= 0.6 is 39.7 Å². The highest BCUT2D eigenvalue weighted by Gasteiger charge is 2.13. The van der Waals surface area contributed by atoms with E-state index in [0.29, 0.717) is 10.6 Å². The van der Waals surface area contributed by atoms with Crippen molar-refractivity contribution in [2.75, 3.05) is 5.32 Å². The molecule has 3 rings (SSSR count). The molecule has 0 heterocycles. The van der Waals surface area contributed by atoms with Crippen molar-refractivity contribution in [1.29, 1.82) is 0 Å². The molecule has 0 aromatic heterocycles. The van der Waals surface area contributed by atoms with Gasteiger partial charge in [0.15, 0.2) is 5.11 Å². The van der Waals surface area contributed by atoms with Crippen LogP contribution < -0.4 is 10.6 Å². The second-order valence-corrected chi connectivity index (χ2v) is 7.18. The molecule has 1 amide bonds. The molecule has 0 spiro atoms. The second-order valence-electron chi connectivity index (χ2n) is 5.44. The highest BCUT2D eigenvalue weighted by atomic mass is 79.9. The molecule has 0 fully saturated rings. The lowest BCUT2D eigenvalue weighted by molar-refractivity contribution is 0.0978. The van der Waals surface area contributed by atoms with E-state index in [1.807, 2.05) is 54.6 Å². The molecule has 0 atom stereocenters. The number of hydrogen-bond acceptors (Lipinski definition) is 2. The predicted molar refractivity (Wildman–Crippen MR) is 115 cm³/mol. The standard InChI is InChI=1S/C20H14BrClN2OS/c21-14-10-11-17(22)16(12-14)19(25)24-20(26)23-18-9-5-4-8-15(18)13-6-2-1-3-7-13/h1-12H,(H2,23,24,25,26). The van der Waals surface area contributed by atoms with Gasteiger partial charge in [-0.2, -0.15) is 0 Å². The van der Waals surface area contributed by atoms with Crippen molar-refractivity contribution in [3.05, 3.63) is 87.9 Å². The Morgan fingerprint density at radius 1 is 0.962 bits per heavy atom. The van der Waals surface area contributed by atoms with Crippen molar-refractivity contribution in [3.63, 3.8) is 0 Å². The fourth-order valence-corrected chi connectivity index (χ4v) is 3.22. The summed E-state index contributed by atoms with van der Waals surface area (Å²) in [6.45, 7) is 0.